The van der Waals surface area contributed by atoms with Crippen LogP contribution in [-0.2, 0) is 0 Å². The van der Waals surface area contributed by atoms with E-state index in [2.05, 4.69) is 26.1 Å². The average molecular weight is 339 g/mol. The minimum atomic E-state index is 0.155. The lowest BCUT2D eigenvalue weighted by molar-refractivity contribution is 0.0692. The van der Waals surface area contributed by atoms with Crippen LogP contribution in [0.25, 0.3) is 10.9 Å². The van der Waals surface area contributed by atoms with Crippen LogP contribution in [0, 0.1) is 5.92 Å². The van der Waals surface area contributed by atoms with Gasteiger partial charge in [-0.1, -0.05) is 39.0 Å². The Hall–Kier alpha value is -1.94. The Kier molecular flexibility index (Phi) is 5.69. The third-order valence-corrected chi connectivity index (χ3v) is 5.14. The van der Waals surface area contributed by atoms with Gasteiger partial charge in [0.25, 0.3) is 5.91 Å². The van der Waals surface area contributed by atoms with Crippen LogP contribution in [0.15, 0.2) is 30.3 Å². The van der Waals surface area contributed by atoms with Crippen LogP contribution in [0.2, 0.25) is 0 Å². The summed E-state index contributed by atoms with van der Waals surface area (Å²) in [6.45, 7) is 10.2. The lowest BCUT2D eigenvalue weighted by Crippen LogP contribution is -2.40. The molecule has 0 aliphatic carbocycles. The molecule has 1 amide bonds. The first-order valence-electron chi connectivity index (χ1n) is 9.49. The van der Waals surface area contributed by atoms with Crippen LogP contribution < -0.4 is 5.32 Å². The van der Waals surface area contributed by atoms with Crippen LogP contribution in [0.1, 0.15) is 55.6 Å². The second-order valence-electron chi connectivity index (χ2n) is 7.31. The van der Waals surface area contributed by atoms with Crippen molar-refractivity contribution >= 4 is 16.8 Å². The SMILES string of the molecule is CCNCC1CCN(C(=O)c2cc(C(C)C)nc3ccccc23)CC1. The summed E-state index contributed by atoms with van der Waals surface area (Å²) < 4.78 is 0. The number of amides is 1. The molecule has 0 saturated carbocycles. The van der Waals surface area contributed by atoms with E-state index >= 15 is 0 Å². The summed E-state index contributed by atoms with van der Waals surface area (Å²) in [6.07, 6.45) is 2.16. The van der Waals surface area contributed by atoms with Gasteiger partial charge in [0.1, 0.15) is 0 Å². The largest absolute Gasteiger partial charge is 0.339 e. The fourth-order valence-electron chi connectivity index (χ4n) is 3.53. The molecule has 25 heavy (non-hydrogen) atoms. The molecule has 1 N–H and O–H groups in total. The molecule has 2 aromatic rings. The van der Waals surface area contributed by atoms with E-state index in [9.17, 15) is 4.79 Å². The van der Waals surface area contributed by atoms with Crippen molar-refractivity contribution in [2.24, 2.45) is 5.92 Å². The molecule has 4 heteroatoms. The van der Waals surface area contributed by atoms with E-state index in [1.54, 1.807) is 0 Å². The highest BCUT2D eigenvalue weighted by Crippen LogP contribution is 2.25. The van der Waals surface area contributed by atoms with Gasteiger partial charge in [0.05, 0.1) is 11.1 Å². The number of carbonyl (C=O) groups excluding carboxylic acids is 1. The molecular weight excluding hydrogens is 310 g/mol. The second-order valence-corrected chi connectivity index (χ2v) is 7.31. The van der Waals surface area contributed by atoms with E-state index in [4.69, 9.17) is 4.98 Å². The Morgan fingerprint density at radius 2 is 2.00 bits per heavy atom. The molecule has 0 unspecified atom stereocenters. The van der Waals surface area contributed by atoms with Gasteiger partial charge in [-0.05, 0) is 49.9 Å². The third kappa shape index (κ3) is 4.01. The first-order valence-corrected chi connectivity index (χ1v) is 9.49. The number of hydrogen-bond acceptors (Lipinski definition) is 3. The number of nitrogens with one attached hydrogen (secondary N) is 1. The maximum atomic E-state index is 13.2. The first kappa shape index (κ1) is 17.9. The zero-order valence-corrected chi connectivity index (χ0v) is 15.6. The number of para-hydroxylation sites is 1. The number of pyridine rings is 1. The topological polar surface area (TPSA) is 45.2 Å². The highest BCUT2D eigenvalue weighted by atomic mass is 16.2. The van der Waals surface area contributed by atoms with Gasteiger partial charge in [0, 0.05) is 24.2 Å². The van der Waals surface area contributed by atoms with Gasteiger partial charge in [0.2, 0.25) is 0 Å². The summed E-state index contributed by atoms with van der Waals surface area (Å²) in [6, 6.07) is 9.98. The van der Waals surface area contributed by atoms with Crippen LogP contribution >= 0.6 is 0 Å². The normalized spacial score (nSPS) is 15.9. The maximum Gasteiger partial charge on any atom is 0.254 e. The van der Waals surface area contributed by atoms with Gasteiger partial charge in [-0.2, -0.15) is 0 Å². The summed E-state index contributed by atoms with van der Waals surface area (Å²) >= 11 is 0. The summed E-state index contributed by atoms with van der Waals surface area (Å²) in [5.74, 6) is 1.15. The number of aromatic nitrogens is 1. The zero-order chi connectivity index (χ0) is 17.8. The molecule has 0 spiro atoms. The van der Waals surface area contributed by atoms with Gasteiger partial charge in [-0.3, -0.25) is 9.78 Å². The van der Waals surface area contributed by atoms with Gasteiger partial charge in [-0.25, -0.2) is 0 Å². The van der Waals surface area contributed by atoms with E-state index < -0.39 is 0 Å². The highest BCUT2D eigenvalue weighted by Gasteiger charge is 2.25. The number of benzene rings is 1. The minimum absolute atomic E-state index is 0.155. The number of rotatable bonds is 5. The highest BCUT2D eigenvalue weighted by molar-refractivity contribution is 6.06. The van der Waals surface area contributed by atoms with Gasteiger partial charge < -0.3 is 10.2 Å². The lowest BCUT2D eigenvalue weighted by Gasteiger charge is -2.32. The zero-order valence-electron chi connectivity index (χ0n) is 15.6. The van der Waals surface area contributed by atoms with Crippen LogP contribution in [-0.4, -0.2) is 42.0 Å². The summed E-state index contributed by atoms with van der Waals surface area (Å²) in [5, 5.41) is 4.39. The average Bonchev–Trinajstić information content (AvgIpc) is 2.65. The monoisotopic (exact) mass is 339 g/mol. The molecule has 1 aliphatic heterocycles. The molecule has 1 aromatic heterocycles. The van der Waals surface area contributed by atoms with Gasteiger partial charge in [0.15, 0.2) is 0 Å². The number of hydrogen-bond donors (Lipinski definition) is 1. The maximum absolute atomic E-state index is 13.2. The number of carbonyl (C=O) groups is 1. The Bertz CT molecular complexity index is 733. The Morgan fingerprint density at radius 1 is 1.28 bits per heavy atom. The number of piperidine rings is 1. The van der Waals surface area contributed by atoms with E-state index in [-0.39, 0.29) is 5.91 Å². The molecule has 3 rings (SSSR count). The number of likely N-dealkylation sites (tertiary alicyclic amines) is 1. The van der Waals surface area contributed by atoms with Crippen molar-refractivity contribution in [3.8, 4) is 0 Å². The summed E-state index contributed by atoms with van der Waals surface area (Å²) in [4.78, 5) is 19.9. The molecule has 0 bridgehead atoms. The molecular formula is C21H29N3O. The van der Waals surface area contributed by atoms with E-state index in [0.717, 1.165) is 61.2 Å². The van der Waals surface area contributed by atoms with Crippen molar-refractivity contribution in [2.75, 3.05) is 26.2 Å². The quantitative estimate of drug-likeness (QED) is 0.901. The van der Waals surface area contributed by atoms with E-state index in [1.807, 2.05) is 35.2 Å². The smallest absolute Gasteiger partial charge is 0.254 e. The van der Waals surface area contributed by atoms with Gasteiger partial charge >= 0.3 is 0 Å². The molecule has 1 fully saturated rings. The van der Waals surface area contributed by atoms with Crippen LogP contribution in [0.4, 0.5) is 0 Å². The fourth-order valence-corrected chi connectivity index (χ4v) is 3.53. The van der Waals surface area contributed by atoms with Crippen molar-refractivity contribution in [1.29, 1.82) is 0 Å². The van der Waals surface area contributed by atoms with Crippen LogP contribution in [0.5, 0.6) is 0 Å². The van der Waals surface area contributed by atoms with Crippen molar-refractivity contribution in [1.82, 2.24) is 15.2 Å². The number of nitrogens with zero attached hydrogens (tertiary/aromatic N) is 2. The predicted molar refractivity (Wildman–Crippen MR) is 103 cm³/mol. The Balaban J connectivity index is 1.82. The first-order chi connectivity index (χ1) is 12.1. The van der Waals surface area contributed by atoms with Crippen molar-refractivity contribution < 1.29 is 4.79 Å². The van der Waals surface area contributed by atoms with E-state index in [0.29, 0.717) is 11.8 Å². The fraction of sp³-hybridized carbons (Fsp3) is 0.524. The molecule has 2 heterocycles. The molecule has 4 nitrogen and oxygen atoms in total. The molecule has 0 atom stereocenters. The van der Waals surface area contributed by atoms with Crippen molar-refractivity contribution in [3.63, 3.8) is 0 Å². The number of fused-ring (bicyclic) bond motifs is 1. The second kappa shape index (κ2) is 7.96. The predicted octanol–water partition coefficient (Wildman–Crippen LogP) is 3.82. The molecule has 0 radical (unpaired) electrons. The summed E-state index contributed by atoms with van der Waals surface area (Å²) in [7, 11) is 0. The van der Waals surface area contributed by atoms with Gasteiger partial charge in [-0.15, -0.1) is 0 Å². The minimum Gasteiger partial charge on any atom is -0.339 e. The molecule has 1 aliphatic rings. The molecule has 1 aromatic carbocycles. The summed E-state index contributed by atoms with van der Waals surface area (Å²) in [5.41, 5.74) is 2.71. The van der Waals surface area contributed by atoms with E-state index in [1.165, 1.54) is 0 Å². The van der Waals surface area contributed by atoms with Crippen LogP contribution in [0.3, 0.4) is 0 Å². The Labute approximate surface area is 150 Å². The molecule has 134 valence electrons. The van der Waals surface area contributed by atoms with Crippen molar-refractivity contribution in [3.05, 3.63) is 41.6 Å². The van der Waals surface area contributed by atoms with Crippen molar-refractivity contribution in [2.45, 2.75) is 39.5 Å². The molecule has 1 saturated heterocycles. The Morgan fingerprint density at radius 3 is 2.68 bits per heavy atom. The third-order valence-electron chi connectivity index (χ3n) is 5.14. The lowest BCUT2D eigenvalue weighted by atomic mass is 9.95. The standard InChI is InChI=1S/C21H29N3O/c1-4-22-14-16-9-11-24(12-10-16)21(25)18-13-20(15(2)3)23-19-8-6-5-7-17(18)19/h5-8,13,15-16,22H,4,9-12,14H2,1-3H3.